The van der Waals surface area contributed by atoms with Gasteiger partial charge in [-0.2, -0.15) is 0 Å². The molecule has 0 fully saturated rings. The molecule has 0 amide bonds. The van der Waals surface area contributed by atoms with Gasteiger partial charge in [-0.05, 0) is 44.0 Å². The smallest absolute Gasteiger partial charge is 0.240 e. The van der Waals surface area contributed by atoms with Gasteiger partial charge in [0.15, 0.2) is 0 Å². The molecule has 1 rings (SSSR count). The number of unbranched alkanes of at least 4 members (excludes halogenated alkanes) is 1. The molecule has 0 radical (unpaired) electrons. The minimum atomic E-state index is -3.62. The van der Waals surface area contributed by atoms with E-state index in [9.17, 15) is 12.8 Å². The van der Waals surface area contributed by atoms with Gasteiger partial charge in [0.2, 0.25) is 10.0 Å². The number of hydrogen-bond acceptors (Lipinski definition) is 3. The number of aryl methyl sites for hydroxylation is 1. The molecular weight excluding hydrogens is 243 g/mol. The maximum atomic E-state index is 13.0. The molecule has 0 aliphatic rings. The second-order valence-electron chi connectivity index (χ2n) is 3.80. The topological polar surface area (TPSA) is 72.2 Å². The predicted octanol–water partition coefficient (Wildman–Crippen LogP) is 1.15. The third-order valence-electron chi connectivity index (χ3n) is 2.36. The van der Waals surface area contributed by atoms with Crippen LogP contribution in [0.1, 0.15) is 18.4 Å². The first-order chi connectivity index (χ1) is 7.97. The highest BCUT2D eigenvalue weighted by Gasteiger charge is 2.16. The molecule has 0 bridgehead atoms. The van der Waals surface area contributed by atoms with Crippen LogP contribution in [0, 0.1) is 12.7 Å². The van der Waals surface area contributed by atoms with E-state index < -0.39 is 15.8 Å². The van der Waals surface area contributed by atoms with Gasteiger partial charge in [-0.25, -0.2) is 17.5 Å². The highest BCUT2D eigenvalue weighted by atomic mass is 32.2. The van der Waals surface area contributed by atoms with Crippen LogP contribution < -0.4 is 10.5 Å². The Hall–Kier alpha value is -0.980. The van der Waals surface area contributed by atoms with Crippen LogP contribution in [-0.2, 0) is 10.0 Å². The molecule has 0 heterocycles. The molecule has 1 aromatic rings. The van der Waals surface area contributed by atoms with E-state index in [1.807, 2.05) is 0 Å². The summed E-state index contributed by atoms with van der Waals surface area (Å²) in [6.45, 7) is 2.48. The molecule has 0 aliphatic heterocycles. The van der Waals surface area contributed by atoms with Crippen molar-refractivity contribution in [1.82, 2.24) is 4.72 Å². The summed E-state index contributed by atoms with van der Waals surface area (Å²) in [5.41, 5.74) is 5.83. The van der Waals surface area contributed by atoms with Gasteiger partial charge >= 0.3 is 0 Å². The lowest BCUT2D eigenvalue weighted by molar-refractivity contribution is 0.572. The highest BCUT2D eigenvalue weighted by molar-refractivity contribution is 7.89. The first-order valence-corrected chi connectivity index (χ1v) is 6.91. The number of nitrogens with two attached hydrogens (primary N) is 1. The van der Waals surface area contributed by atoms with Crippen LogP contribution in [-0.4, -0.2) is 21.5 Å². The fraction of sp³-hybridized carbons (Fsp3) is 0.455. The molecule has 6 heteroatoms. The minimum absolute atomic E-state index is 0.00903. The first-order valence-electron chi connectivity index (χ1n) is 5.43. The largest absolute Gasteiger partial charge is 0.330 e. The number of benzene rings is 1. The van der Waals surface area contributed by atoms with E-state index in [0.29, 0.717) is 25.1 Å². The van der Waals surface area contributed by atoms with E-state index in [0.717, 1.165) is 12.5 Å². The number of halogens is 1. The fourth-order valence-electron chi connectivity index (χ4n) is 1.42. The van der Waals surface area contributed by atoms with Crippen molar-refractivity contribution in [2.45, 2.75) is 24.7 Å². The van der Waals surface area contributed by atoms with Gasteiger partial charge in [-0.1, -0.05) is 6.07 Å². The van der Waals surface area contributed by atoms with Crippen LogP contribution in [0.4, 0.5) is 4.39 Å². The lowest BCUT2D eigenvalue weighted by Gasteiger charge is -2.09. The Morgan fingerprint density at radius 2 is 2.06 bits per heavy atom. The van der Waals surface area contributed by atoms with Crippen molar-refractivity contribution in [2.24, 2.45) is 5.73 Å². The van der Waals surface area contributed by atoms with Crippen molar-refractivity contribution in [2.75, 3.05) is 13.1 Å². The number of nitrogens with one attached hydrogen (secondary N) is 1. The summed E-state index contributed by atoms with van der Waals surface area (Å²) >= 11 is 0. The zero-order valence-corrected chi connectivity index (χ0v) is 10.6. The van der Waals surface area contributed by atoms with Crippen LogP contribution >= 0.6 is 0 Å². The molecule has 17 heavy (non-hydrogen) atoms. The summed E-state index contributed by atoms with van der Waals surface area (Å²) in [5, 5.41) is 0. The fourth-order valence-corrected chi connectivity index (χ4v) is 2.75. The summed E-state index contributed by atoms with van der Waals surface area (Å²) in [6, 6.07) is 3.72. The van der Waals surface area contributed by atoms with Gasteiger partial charge in [0.25, 0.3) is 0 Å². The normalized spacial score (nSPS) is 11.7. The van der Waals surface area contributed by atoms with Crippen molar-refractivity contribution in [3.8, 4) is 0 Å². The zero-order chi connectivity index (χ0) is 12.9. The van der Waals surface area contributed by atoms with Gasteiger partial charge < -0.3 is 5.73 Å². The molecule has 0 aliphatic carbocycles. The van der Waals surface area contributed by atoms with E-state index in [1.54, 1.807) is 6.92 Å². The standard InChI is InChI=1S/C11H17FN2O2S/c1-9-4-5-10(12)8-11(9)17(15,16)14-7-3-2-6-13/h4-5,8,14H,2-3,6-7,13H2,1H3. The van der Waals surface area contributed by atoms with Crippen LogP contribution in [0.2, 0.25) is 0 Å². The molecule has 0 spiro atoms. The molecule has 0 saturated carbocycles. The summed E-state index contributed by atoms with van der Waals surface area (Å²) in [6.07, 6.45) is 1.43. The summed E-state index contributed by atoms with van der Waals surface area (Å²) < 4.78 is 39.2. The van der Waals surface area contributed by atoms with Crippen molar-refractivity contribution in [1.29, 1.82) is 0 Å². The van der Waals surface area contributed by atoms with Gasteiger partial charge in [0.1, 0.15) is 5.82 Å². The van der Waals surface area contributed by atoms with Gasteiger partial charge in [0.05, 0.1) is 4.90 Å². The van der Waals surface area contributed by atoms with Crippen LogP contribution in [0.15, 0.2) is 23.1 Å². The quantitative estimate of drug-likeness (QED) is 0.754. The molecule has 0 saturated heterocycles. The number of sulfonamides is 1. The van der Waals surface area contributed by atoms with E-state index in [-0.39, 0.29) is 4.90 Å². The third kappa shape index (κ3) is 4.07. The average molecular weight is 260 g/mol. The van der Waals surface area contributed by atoms with Crippen molar-refractivity contribution < 1.29 is 12.8 Å². The van der Waals surface area contributed by atoms with E-state index in [1.165, 1.54) is 12.1 Å². The maximum absolute atomic E-state index is 13.0. The van der Waals surface area contributed by atoms with Gasteiger partial charge in [0, 0.05) is 6.54 Å². The molecule has 96 valence electrons. The SMILES string of the molecule is Cc1ccc(F)cc1S(=O)(=O)NCCCCN. The molecular formula is C11H17FN2O2S. The lowest BCUT2D eigenvalue weighted by atomic mass is 10.2. The molecule has 0 atom stereocenters. The Labute approximate surface area is 101 Å². The van der Waals surface area contributed by atoms with Crippen molar-refractivity contribution in [3.63, 3.8) is 0 Å². The summed E-state index contributed by atoms with van der Waals surface area (Å²) in [5.74, 6) is -0.557. The maximum Gasteiger partial charge on any atom is 0.240 e. The summed E-state index contributed by atoms with van der Waals surface area (Å²) in [7, 11) is -3.62. The minimum Gasteiger partial charge on any atom is -0.330 e. The molecule has 0 aromatic heterocycles. The second kappa shape index (κ2) is 6.09. The van der Waals surface area contributed by atoms with Crippen LogP contribution in [0.25, 0.3) is 0 Å². The Kier molecular flexibility index (Phi) is 5.04. The monoisotopic (exact) mass is 260 g/mol. The Morgan fingerprint density at radius 3 is 2.71 bits per heavy atom. The second-order valence-corrected chi connectivity index (χ2v) is 5.54. The van der Waals surface area contributed by atoms with Gasteiger partial charge in [-0.15, -0.1) is 0 Å². The predicted molar refractivity (Wildman–Crippen MR) is 64.6 cm³/mol. The number of rotatable bonds is 6. The van der Waals surface area contributed by atoms with E-state index in [4.69, 9.17) is 5.73 Å². The molecule has 0 unspecified atom stereocenters. The Morgan fingerprint density at radius 1 is 1.35 bits per heavy atom. The zero-order valence-electron chi connectivity index (χ0n) is 9.74. The van der Waals surface area contributed by atoms with E-state index in [2.05, 4.69) is 4.72 Å². The molecule has 4 nitrogen and oxygen atoms in total. The first kappa shape index (κ1) is 14.1. The summed E-state index contributed by atoms with van der Waals surface area (Å²) in [4.78, 5) is -0.00903. The highest BCUT2D eigenvalue weighted by Crippen LogP contribution is 2.16. The molecule has 1 aromatic carbocycles. The Balaban J connectivity index is 2.79. The van der Waals surface area contributed by atoms with Gasteiger partial charge in [-0.3, -0.25) is 0 Å². The van der Waals surface area contributed by atoms with Crippen molar-refractivity contribution >= 4 is 10.0 Å². The van der Waals surface area contributed by atoms with Crippen molar-refractivity contribution in [3.05, 3.63) is 29.6 Å². The number of hydrogen-bond donors (Lipinski definition) is 2. The lowest BCUT2D eigenvalue weighted by Crippen LogP contribution is -2.26. The third-order valence-corrected chi connectivity index (χ3v) is 3.97. The average Bonchev–Trinajstić information content (AvgIpc) is 2.28. The van der Waals surface area contributed by atoms with Crippen LogP contribution in [0.5, 0.6) is 0 Å². The Bertz CT molecular complexity index is 474. The molecule has 3 N–H and O–H groups in total. The van der Waals surface area contributed by atoms with E-state index >= 15 is 0 Å². The van der Waals surface area contributed by atoms with Crippen LogP contribution in [0.3, 0.4) is 0 Å².